The molecule has 0 radical (unpaired) electrons. The minimum absolute atomic E-state index is 0.0375. The first-order valence-electron chi connectivity index (χ1n) is 7.56. The molecule has 1 amide bonds. The second-order valence-electron chi connectivity index (χ2n) is 6.03. The Labute approximate surface area is 135 Å². The van der Waals surface area contributed by atoms with E-state index in [1.807, 2.05) is 13.0 Å². The van der Waals surface area contributed by atoms with Crippen molar-refractivity contribution in [3.8, 4) is 0 Å². The molecule has 0 bridgehead atoms. The maximum absolute atomic E-state index is 12.9. The Morgan fingerprint density at radius 2 is 2.13 bits per heavy atom. The predicted molar refractivity (Wildman–Crippen MR) is 88.1 cm³/mol. The first kappa shape index (κ1) is 16.0. The minimum atomic E-state index is -3.28. The van der Waals surface area contributed by atoms with Gasteiger partial charge in [-0.15, -0.1) is 0 Å². The van der Waals surface area contributed by atoms with Gasteiger partial charge in [-0.3, -0.25) is 4.79 Å². The Hall–Kier alpha value is -1.86. The summed E-state index contributed by atoms with van der Waals surface area (Å²) in [5.74, 6) is -0.301. The molecule has 2 heterocycles. The summed E-state index contributed by atoms with van der Waals surface area (Å²) >= 11 is 0. The molecule has 1 N–H and O–H groups in total. The highest BCUT2D eigenvalue weighted by Gasteiger charge is 2.30. The highest BCUT2D eigenvalue weighted by Crippen LogP contribution is 2.29. The summed E-state index contributed by atoms with van der Waals surface area (Å²) in [4.78, 5) is 14.6. The second kappa shape index (κ2) is 5.98. The van der Waals surface area contributed by atoms with Gasteiger partial charge in [0.2, 0.25) is 0 Å². The molecule has 1 aliphatic heterocycles. The van der Waals surface area contributed by atoms with E-state index in [1.54, 1.807) is 23.1 Å². The highest BCUT2D eigenvalue weighted by molar-refractivity contribution is 7.89. The number of nitrogens with one attached hydrogen (secondary N) is 1. The van der Waals surface area contributed by atoms with Gasteiger partial charge >= 0.3 is 0 Å². The number of fused-ring (bicyclic) bond motifs is 1. The van der Waals surface area contributed by atoms with Crippen LogP contribution in [0, 0.1) is 0 Å². The summed E-state index contributed by atoms with van der Waals surface area (Å²) in [7, 11) is -3.28. The Morgan fingerprint density at radius 3 is 2.83 bits per heavy atom. The molecule has 1 fully saturated rings. The van der Waals surface area contributed by atoms with Gasteiger partial charge in [0.15, 0.2) is 15.6 Å². The first-order valence-corrected chi connectivity index (χ1v) is 9.62. The normalized spacial score (nSPS) is 19.2. The predicted octanol–water partition coefficient (Wildman–Crippen LogP) is 1.41. The number of hydrogen-bond acceptors (Lipinski definition) is 5. The molecular formula is C16H20N2O4S. The van der Waals surface area contributed by atoms with Crippen LogP contribution in [0.15, 0.2) is 28.7 Å². The quantitative estimate of drug-likeness (QED) is 0.917. The van der Waals surface area contributed by atoms with Gasteiger partial charge in [0.05, 0.1) is 5.75 Å². The van der Waals surface area contributed by atoms with E-state index in [2.05, 4.69) is 5.32 Å². The molecule has 2 aromatic rings. The van der Waals surface area contributed by atoms with Crippen LogP contribution in [0.25, 0.3) is 11.0 Å². The van der Waals surface area contributed by atoms with Crippen molar-refractivity contribution < 1.29 is 17.6 Å². The van der Waals surface area contributed by atoms with Crippen LogP contribution >= 0.6 is 0 Å². The van der Waals surface area contributed by atoms with E-state index in [-0.39, 0.29) is 23.5 Å². The second-order valence-corrected chi connectivity index (χ2v) is 8.17. The summed E-state index contributed by atoms with van der Waals surface area (Å²) in [6, 6.07) is 7.19. The highest BCUT2D eigenvalue weighted by atomic mass is 32.2. The van der Waals surface area contributed by atoms with Gasteiger partial charge < -0.3 is 14.6 Å². The van der Waals surface area contributed by atoms with E-state index in [4.69, 9.17) is 4.42 Å². The van der Waals surface area contributed by atoms with Gasteiger partial charge in [0, 0.05) is 42.9 Å². The average molecular weight is 336 g/mol. The molecule has 124 valence electrons. The SMILES string of the molecule is CC1CNCCN1C(=O)c1oc2ccccc2c1CS(C)(=O)=O. The van der Waals surface area contributed by atoms with E-state index in [1.165, 1.54) is 0 Å². The van der Waals surface area contributed by atoms with Crippen molar-refractivity contribution in [3.63, 3.8) is 0 Å². The number of furan rings is 1. The molecule has 1 aromatic heterocycles. The zero-order valence-corrected chi connectivity index (χ0v) is 14.0. The van der Waals surface area contributed by atoms with E-state index < -0.39 is 9.84 Å². The number of hydrogen-bond donors (Lipinski definition) is 1. The van der Waals surface area contributed by atoms with Crippen LogP contribution in [-0.2, 0) is 15.6 Å². The maximum Gasteiger partial charge on any atom is 0.290 e. The topological polar surface area (TPSA) is 79.6 Å². The number of nitrogens with zero attached hydrogens (tertiary/aromatic N) is 1. The smallest absolute Gasteiger partial charge is 0.290 e. The number of benzene rings is 1. The lowest BCUT2D eigenvalue weighted by atomic mass is 10.1. The third kappa shape index (κ3) is 3.25. The molecule has 1 aromatic carbocycles. The fraction of sp³-hybridized carbons (Fsp3) is 0.438. The number of piperazine rings is 1. The molecule has 6 nitrogen and oxygen atoms in total. The number of rotatable bonds is 3. The molecule has 1 atom stereocenters. The number of sulfone groups is 1. The lowest BCUT2D eigenvalue weighted by Crippen LogP contribution is -2.52. The van der Waals surface area contributed by atoms with Gasteiger partial charge in [-0.2, -0.15) is 0 Å². The van der Waals surface area contributed by atoms with Crippen LogP contribution < -0.4 is 5.32 Å². The molecule has 23 heavy (non-hydrogen) atoms. The minimum Gasteiger partial charge on any atom is -0.451 e. The van der Waals surface area contributed by atoms with E-state index in [0.717, 1.165) is 12.8 Å². The van der Waals surface area contributed by atoms with Crippen LogP contribution in [0.2, 0.25) is 0 Å². The monoisotopic (exact) mass is 336 g/mol. The van der Waals surface area contributed by atoms with E-state index >= 15 is 0 Å². The van der Waals surface area contributed by atoms with Crippen molar-refractivity contribution in [1.29, 1.82) is 0 Å². The summed E-state index contributed by atoms with van der Waals surface area (Å²) in [6.45, 7) is 3.98. The van der Waals surface area contributed by atoms with Crippen LogP contribution in [0.4, 0.5) is 0 Å². The Morgan fingerprint density at radius 1 is 1.39 bits per heavy atom. The first-order chi connectivity index (χ1) is 10.9. The molecule has 7 heteroatoms. The number of amides is 1. The third-order valence-electron chi connectivity index (χ3n) is 4.06. The molecule has 0 saturated carbocycles. The van der Waals surface area contributed by atoms with Crippen LogP contribution in [0.5, 0.6) is 0 Å². The molecule has 0 spiro atoms. The van der Waals surface area contributed by atoms with Crippen LogP contribution in [0.3, 0.4) is 0 Å². The van der Waals surface area contributed by atoms with Gasteiger partial charge in [-0.25, -0.2) is 8.42 Å². The number of para-hydroxylation sites is 1. The fourth-order valence-electron chi connectivity index (χ4n) is 2.95. The summed E-state index contributed by atoms with van der Waals surface area (Å²) in [5.41, 5.74) is 0.996. The van der Waals surface area contributed by atoms with Gasteiger partial charge in [-0.1, -0.05) is 18.2 Å². The van der Waals surface area contributed by atoms with Crippen molar-refractivity contribution in [2.75, 3.05) is 25.9 Å². The maximum atomic E-state index is 12.9. The van der Waals surface area contributed by atoms with Crippen LogP contribution in [-0.4, -0.2) is 51.2 Å². The Kier molecular flexibility index (Phi) is 4.16. The van der Waals surface area contributed by atoms with Crippen molar-refractivity contribution in [2.45, 2.75) is 18.7 Å². The van der Waals surface area contributed by atoms with Gasteiger partial charge in [-0.05, 0) is 13.0 Å². The zero-order chi connectivity index (χ0) is 16.6. The summed E-state index contributed by atoms with van der Waals surface area (Å²) in [6.07, 6.45) is 1.16. The van der Waals surface area contributed by atoms with E-state index in [9.17, 15) is 13.2 Å². The molecule has 1 unspecified atom stereocenters. The lowest BCUT2D eigenvalue weighted by molar-refractivity contribution is 0.0624. The van der Waals surface area contributed by atoms with Crippen LogP contribution in [0.1, 0.15) is 23.0 Å². The van der Waals surface area contributed by atoms with Crippen molar-refractivity contribution in [3.05, 3.63) is 35.6 Å². The molecular weight excluding hydrogens is 316 g/mol. The van der Waals surface area contributed by atoms with Crippen molar-refractivity contribution in [1.82, 2.24) is 10.2 Å². The number of carbonyl (C=O) groups excluding carboxylic acids is 1. The summed E-state index contributed by atoms with van der Waals surface area (Å²) in [5, 5.41) is 3.91. The third-order valence-corrected chi connectivity index (χ3v) is 4.87. The number of carbonyl (C=O) groups is 1. The molecule has 1 saturated heterocycles. The largest absolute Gasteiger partial charge is 0.451 e. The Bertz CT molecular complexity index is 841. The Balaban J connectivity index is 2.08. The van der Waals surface area contributed by atoms with Gasteiger partial charge in [0.25, 0.3) is 5.91 Å². The molecule has 0 aliphatic carbocycles. The molecule has 3 rings (SSSR count). The summed E-state index contributed by atoms with van der Waals surface area (Å²) < 4.78 is 29.3. The van der Waals surface area contributed by atoms with E-state index in [0.29, 0.717) is 29.6 Å². The zero-order valence-electron chi connectivity index (χ0n) is 13.2. The molecule has 1 aliphatic rings. The van der Waals surface area contributed by atoms with Crippen molar-refractivity contribution >= 4 is 26.7 Å². The fourth-order valence-corrected chi connectivity index (χ4v) is 3.76. The van der Waals surface area contributed by atoms with Gasteiger partial charge in [0.1, 0.15) is 5.58 Å². The average Bonchev–Trinajstić information content (AvgIpc) is 2.84. The standard InChI is InChI=1S/C16H20N2O4S/c1-11-9-17-7-8-18(11)16(19)15-13(10-23(2,20)21)12-5-3-4-6-14(12)22-15/h3-6,11,17H,7-10H2,1-2H3. The van der Waals surface area contributed by atoms with Crippen molar-refractivity contribution in [2.24, 2.45) is 0 Å². The lowest BCUT2D eigenvalue weighted by Gasteiger charge is -2.33.